The molecule has 3 heterocycles. The summed E-state index contributed by atoms with van der Waals surface area (Å²) in [5.74, 6) is 0.892. The van der Waals surface area contributed by atoms with Crippen molar-refractivity contribution in [2.45, 2.75) is 141 Å². The molecule has 3 fully saturated rings. The molecular formula is C42H57N3O11. The number of nitrogens with zero attached hydrogens (tertiary/aromatic N) is 3. The maximum Gasteiger partial charge on any atom is 0.302 e. The van der Waals surface area contributed by atoms with Gasteiger partial charge in [-0.05, 0) is 42.8 Å². The van der Waals surface area contributed by atoms with Gasteiger partial charge in [0.05, 0.1) is 56.4 Å². The summed E-state index contributed by atoms with van der Waals surface area (Å²) in [7, 11) is 0. The lowest BCUT2D eigenvalue weighted by Crippen LogP contribution is -2.62. The highest BCUT2D eigenvalue weighted by Crippen LogP contribution is 2.39. The Hall–Kier alpha value is -3.58. The second-order valence-corrected chi connectivity index (χ2v) is 14.9. The van der Waals surface area contributed by atoms with Gasteiger partial charge in [-0.1, -0.05) is 86.5 Å². The van der Waals surface area contributed by atoms with Crippen LogP contribution in [0.5, 0.6) is 0 Å². The molecule has 0 radical (unpaired) electrons. The van der Waals surface area contributed by atoms with E-state index >= 15 is 0 Å². The van der Waals surface area contributed by atoms with E-state index in [0.717, 1.165) is 11.1 Å². The van der Waals surface area contributed by atoms with Crippen LogP contribution in [0.2, 0.25) is 0 Å². The van der Waals surface area contributed by atoms with Gasteiger partial charge in [0.15, 0.2) is 18.9 Å². The number of carbonyl (C=O) groups excluding carboxylic acids is 1. The number of rotatable bonds is 17. The minimum absolute atomic E-state index is 0.172. The van der Waals surface area contributed by atoms with Crippen LogP contribution in [0.4, 0.5) is 0 Å². The third kappa shape index (κ3) is 11.3. The normalized spacial score (nSPS) is 35.9. The van der Waals surface area contributed by atoms with Gasteiger partial charge in [0.1, 0.15) is 24.9 Å². The maximum atomic E-state index is 12.1. The first-order valence-electron chi connectivity index (χ1n) is 19.5. The van der Waals surface area contributed by atoms with E-state index in [4.69, 9.17) is 49.1 Å². The molecule has 306 valence electrons. The standard InChI is InChI=1S/C42H57N3O11/c1-8-9-16-21-48-40-27(4)38(51-23-32-19-14-11-15-20-32)39(29(6)53-40)56-42-34(44-45-43)25(2)36(33(54-42)24-49-30(7)46)55-41-26(3)37(35(47)28(5)52-41)50-22-31-17-12-10-13-18-31/h1,10-15,17-20,25-29,33-42,47H,9,16,21-24H2,2-7H3/t25-,26?,27?,28?,29?,33?,34?,35+,36-,37+,38+,39+,40-,41+,42+/m1/s1. The van der Waals surface area contributed by atoms with Gasteiger partial charge in [0, 0.05) is 30.1 Å². The van der Waals surface area contributed by atoms with Crippen LogP contribution in [-0.2, 0) is 60.6 Å². The zero-order valence-electron chi connectivity index (χ0n) is 33.1. The Morgan fingerprint density at radius 2 is 1.38 bits per heavy atom. The van der Waals surface area contributed by atoms with Gasteiger partial charge >= 0.3 is 5.97 Å². The highest BCUT2D eigenvalue weighted by atomic mass is 16.7. The average Bonchev–Trinajstić information content (AvgIpc) is 3.19. The van der Waals surface area contributed by atoms with Crippen LogP contribution < -0.4 is 0 Å². The van der Waals surface area contributed by atoms with Crippen LogP contribution in [0.15, 0.2) is 65.8 Å². The Kier molecular flexibility index (Phi) is 16.5. The molecular weight excluding hydrogens is 722 g/mol. The van der Waals surface area contributed by atoms with E-state index in [1.54, 1.807) is 6.92 Å². The van der Waals surface area contributed by atoms with E-state index in [1.807, 2.05) is 88.4 Å². The SMILES string of the molecule is C#CCCCO[C@@H]1OC(C)[C@H](O[C@@H]2OC(COC(C)=O)[C@H](O[C@@H]3OC(C)[C@H](O)[C@@H](OCc4ccccc4)C3C)[C@H](C)C2N=[N+]=[N-])[C@@H](OCc2ccccc2)C1C. The lowest BCUT2D eigenvalue weighted by molar-refractivity contribution is -0.352. The Labute approximate surface area is 330 Å². The molecule has 56 heavy (non-hydrogen) atoms. The number of aliphatic hydroxyl groups excluding tert-OH is 1. The predicted octanol–water partition coefficient (Wildman–Crippen LogP) is 6.08. The highest BCUT2D eigenvalue weighted by molar-refractivity contribution is 5.65. The van der Waals surface area contributed by atoms with Crippen LogP contribution in [0.1, 0.15) is 65.5 Å². The quantitative estimate of drug-likeness (QED) is 0.0493. The lowest BCUT2D eigenvalue weighted by Gasteiger charge is -2.50. The number of terminal acetylenes is 1. The van der Waals surface area contributed by atoms with Crippen molar-refractivity contribution in [1.29, 1.82) is 0 Å². The molecule has 0 bridgehead atoms. The van der Waals surface area contributed by atoms with Crippen molar-refractivity contribution in [1.82, 2.24) is 0 Å². The summed E-state index contributed by atoms with van der Waals surface area (Å²) < 4.78 is 57.1. The van der Waals surface area contributed by atoms with Gasteiger partial charge in [-0.3, -0.25) is 4.79 Å². The zero-order chi connectivity index (χ0) is 40.2. The van der Waals surface area contributed by atoms with Crippen molar-refractivity contribution < 1.29 is 52.5 Å². The smallest absolute Gasteiger partial charge is 0.302 e. The Bertz CT molecular complexity index is 1590. The van der Waals surface area contributed by atoms with Crippen LogP contribution in [0.3, 0.4) is 0 Å². The van der Waals surface area contributed by atoms with Crippen molar-refractivity contribution in [2.75, 3.05) is 13.2 Å². The summed E-state index contributed by atoms with van der Waals surface area (Å²) in [4.78, 5) is 15.3. The fourth-order valence-corrected chi connectivity index (χ4v) is 7.52. The summed E-state index contributed by atoms with van der Waals surface area (Å²) in [6.45, 7) is 11.5. The van der Waals surface area contributed by atoms with E-state index in [-0.39, 0.29) is 12.5 Å². The first-order valence-corrected chi connectivity index (χ1v) is 19.5. The van der Waals surface area contributed by atoms with E-state index in [2.05, 4.69) is 15.9 Å². The van der Waals surface area contributed by atoms with Gasteiger partial charge in [-0.2, -0.15) is 0 Å². The van der Waals surface area contributed by atoms with E-state index in [9.17, 15) is 15.4 Å². The summed E-state index contributed by atoms with van der Waals surface area (Å²) in [5, 5.41) is 15.3. The number of hydrogen-bond acceptors (Lipinski definition) is 12. The Morgan fingerprint density at radius 1 is 0.786 bits per heavy atom. The van der Waals surface area contributed by atoms with Gasteiger partial charge in [0.25, 0.3) is 0 Å². The molecule has 0 amide bonds. The monoisotopic (exact) mass is 779 g/mol. The second-order valence-electron chi connectivity index (χ2n) is 14.9. The molecule has 3 aliphatic rings. The van der Waals surface area contributed by atoms with Crippen LogP contribution in [0.25, 0.3) is 10.4 Å². The number of benzene rings is 2. The molecule has 0 aromatic heterocycles. The molecule has 3 aliphatic heterocycles. The Balaban J connectivity index is 1.37. The summed E-state index contributed by atoms with van der Waals surface area (Å²) in [5.41, 5.74) is 11.7. The molecule has 2 aromatic rings. The second kappa shape index (κ2) is 21.3. The number of unbranched alkanes of at least 4 members (excludes halogenated alkanes) is 1. The van der Waals surface area contributed by atoms with E-state index < -0.39 is 91.5 Å². The van der Waals surface area contributed by atoms with Gasteiger partial charge in [0.2, 0.25) is 0 Å². The van der Waals surface area contributed by atoms with Crippen molar-refractivity contribution in [3.05, 3.63) is 82.2 Å². The Morgan fingerprint density at radius 3 is 1.98 bits per heavy atom. The van der Waals surface area contributed by atoms with Crippen LogP contribution in [-0.4, -0.2) is 98.0 Å². The molecule has 1 N–H and O–H groups in total. The van der Waals surface area contributed by atoms with Crippen molar-refractivity contribution in [3.8, 4) is 12.3 Å². The molecule has 14 heteroatoms. The van der Waals surface area contributed by atoms with Crippen LogP contribution >= 0.6 is 0 Å². The molecule has 0 aliphatic carbocycles. The number of azide groups is 1. The molecule has 5 rings (SSSR count). The number of hydrogen-bond donors (Lipinski definition) is 1. The molecule has 0 spiro atoms. The minimum atomic E-state index is -1.10. The van der Waals surface area contributed by atoms with E-state index in [1.165, 1.54) is 6.92 Å². The molecule has 14 nitrogen and oxygen atoms in total. The maximum absolute atomic E-state index is 12.1. The molecule has 6 unspecified atom stereocenters. The third-order valence-electron chi connectivity index (χ3n) is 10.7. The molecule has 15 atom stereocenters. The van der Waals surface area contributed by atoms with Gasteiger partial charge in [-0.25, -0.2) is 0 Å². The first-order chi connectivity index (χ1) is 27.0. The average molecular weight is 780 g/mol. The number of carbonyl (C=O) groups is 1. The van der Waals surface area contributed by atoms with E-state index in [0.29, 0.717) is 32.7 Å². The molecule has 3 saturated heterocycles. The number of aliphatic hydroxyl groups is 1. The first kappa shape index (κ1) is 43.5. The predicted molar refractivity (Wildman–Crippen MR) is 204 cm³/mol. The largest absolute Gasteiger partial charge is 0.463 e. The fraction of sp³-hybridized carbons (Fsp3) is 0.643. The molecule has 2 aromatic carbocycles. The topological polar surface area (TPSA) is 169 Å². The minimum Gasteiger partial charge on any atom is -0.463 e. The summed E-state index contributed by atoms with van der Waals surface area (Å²) in [6.07, 6.45) is -1.38. The summed E-state index contributed by atoms with van der Waals surface area (Å²) >= 11 is 0. The third-order valence-corrected chi connectivity index (χ3v) is 10.7. The van der Waals surface area contributed by atoms with Crippen molar-refractivity contribution >= 4 is 5.97 Å². The molecule has 0 saturated carbocycles. The lowest BCUT2D eigenvalue weighted by atomic mass is 9.87. The van der Waals surface area contributed by atoms with Crippen molar-refractivity contribution in [3.63, 3.8) is 0 Å². The highest BCUT2D eigenvalue weighted by Gasteiger charge is 2.52. The van der Waals surface area contributed by atoms with Crippen molar-refractivity contribution in [2.24, 2.45) is 22.9 Å². The van der Waals surface area contributed by atoms with Crippen LogP contribution in [0, 0.1) is 30.1 Å². The number of ether oxygens (including phenoxy) is 9. The number of esters is 1. The van der Waals surface area contributed by atoms with Gasteiger partial charge < -0.3 is 47.7 Å². The zero-order valence-corrected chi connectivity index (χ0v) is 33.1. The summed E-state index contributed by atoms with van der Waals surface area (Å²) in [6, 6.07) is 18.6. The fourth-order valence-electron chi connectivity index (χ4n) is 7.52. The van der Waals surface area contributed by atoms with Gasteiger partial charge in [-0.15, -0.1) is 12.3 Å².